The fourth-order valence-corrected chi connectivity index (χ4v) is 3.22. The highest BCUT2D eigenvalue weighted by atomic mass is 16.2. The van der Waals surface area contributed by atoms with Gasteiger partial charge in [0.05, 0.1) is 12.2 Å². The molecule has 0 saturated carbocycles. The van der Waals surface area contributed by atoms with Crippen LogP contribution >= 0.6 is 0 Å². The molecule has 1 aromatic rings. The molecule has 2 rings (SSSR count). The van der Waals surface area contributed by atoms with Crippen LogP contribution in [0.25, 0.3) is 0 Å². The van der Waals surface area contributed by atoms with Gasteiger partial charge >= 0.3 is 0 Å². The second-order valence-electron chi connectivity index (χ2n) is 7.71. The monoisotopic (exact) mass is 377 g/mol. The highest BCUT2D eigenvalue weighted by Gasteiger charge is 2.26. The van der Waals surface area contributed by atoms with Crippen LogP contribution in [0.4, 0.5) is 5.82 Å². The Kier molecular flexibility index (Phi) is 7.38. The summed E-state index contributed by atoms with van der Waals surface area (Å²) in [5, 5.41) is 7.30. The maximum Gasteiger partial charge on any atom is 0.225 e. The largest absolute Gasteiger partial charge is 0.349 e. The fraction of sp³-hybridized carbons (Fsp3) is 0.684. The van der Waals surface area contributed by atoms with Crippen LogP contribution in [0.5, 0.6) is 0 Å². The van der Waals surface area contributed by atoms with Crippen molar-refractivity contribution in [3.05, 3.63) is 12.3 Å². The molecule has 0 spiro atoms. The molecule has 0 atom stereocenters. The smallest absolute Gasteiger partial charge is 0.225 e. The molecular formula is C19H31N5O3. The van der Waals surface area contributed by atoms with Crippen molar-refractivity contribution >= 4 is 23.5 Å². The lowest BCUT2D eigenvalue weighted by Gasteiger charge is -2.33. The predicted octanol–water partition coefficient (Wildman–Crippen LogP) is 1.90. The summed E-state index contributed by atoms with van der Waals surface area (Å²) in [6.07, 6.45) is 4.22. The number of aromatic nitrogens is 2. The van der Waals surface area contributed by atoms with E-state index in [-0.39, 0.29) is 36.6 Å². The van der Waals surface area contributed by atoms with E-state index >= 15 is 0 Å². The number of amides is 3. The van der Waals surface area contributed by atoms with Crippen LogP contribution in [0, 0.1) is 5.92 Å². The average Bonchev–Trinajstić information content (AvgIpc) is 3.06. The van der Waals surface area contributed by atoms with Crippen LogP contribution in [0.3, 0.4) is 0 Å². The molecule has 8 nitrogen and oxygen atoms in total. The predicted molar refractivity (Wildman–Crippen MR) is 103 cm³/mol. The first-order valence-electron chi connectivity index (χ1n) is 9.59. The van der Waals surface area contributed by atoms with Crippen molar-refractivity contribution in [3.63, 3.8) is 0 Å². The molecule has 2 heterocycles. The Hall–Kier alpha value is -2.38. The quantitative estimate of drug-likeness (QED) is 0.786. The maximum absolute atomic E-state index is 12.3. The number of carbonyl (C=O) groups is 3. The molecule has 3 amide bonds. The normalized spacial score (nSPS) is 15.1. The summed E-state index contributed by atoms with van der Waals surface area (Å²) >= 11 is 0. The number of nitrogens with zero attached hydrogens (tertiary/aromatic N) is 4. The molecular weight excluding hydrogens is 346 g/mol. The molecule has 1 aliphatic heterocycles. The molecule has 0 bridgehead atoms. The Labute approximate surface area is 160 Å². The van der Waals surface area contributed by atoms with Gasteiger partial charge in [-0.2, -0.15) is 5.10 Å². The van der Waals surface area contributed by atoms with Crippen molar-refractivity contribution in [1.82, 2.24) is 19.6 Å². The first-order chi connectivity index (χ1) is 12.8. The average molecular weight is 377 g/mol. The number of anilines is 1. The molecule has 0 aromatic carbocycles. The minimum atomic E-state index is -0.0310. The summed E-state index contributed by atoms with van der Waals surface area (Å²) in [4.78, 5) is 39.3. The summed E-state index contributed by atoms with van der Waals surface area (Å²) in [5.41, 5.74) is 0. The van der Waals surface area contributed by atoms with E-state index in [9.17, 15) is 14.4 Å². The highest BCUT2D eigenvalue weighted by Crippen LogP contribution is 2.26. The minimum absolute atomic E-state index is 0.00933. The Balaban J connectivity index is 1.85. The van der Waals surface area contributed by atoms with Crippen molar-refractivity contribution in [3.8, 4) is 0 Å². The summed E-state index contributed by atoms with van der Waals surface area (Å²) in [7, 11) is 3.39. The Morgan fingerprint density at radius 1 is 1.22 bits per heavy atom. The highest BCUT2D eigenvalue weighted by molar-refractivity contribution is 5.90. The lowest BCUT2D eigenvalue weighted by Crippen LogP contribution is -2.39. The van der Waals surface area contributed by atoms with E-state index in [1.165, 1.54) is 4.90 Å². The van der Waals surface area contributed by atoms with E-state index in [1.807, 2.05) is 29.5 Å². The Morgan fingerprint density at radius 3 is 2.48 bits per heavy atom. The second-order valence-corrected chi connectivity index (χ2v) is 7.71. The van der Waals surface area contributed by atoms with Gasteiger partial charge < -0.3 is 15.1 Å². The number of hydrogen-bond donors (Lipinski definition) is 1. The number of rotatable bonds is 7. The van der Waals surface area contributed by atoms with Crippen LogP contribution in [-0.2, 0) is 14.4 Å². The molecule has 1 fully saturated rings. The van der Waals surface area contributed by atoms with E-state index in [4.69, 9.17) is 0 Å². The van der Waals surface area contributed by atoms with Crippen LogP contribution in [0.2, 0.25) is 0 Å². The molecule has 1 N–H and O–H groups in total. The van der Waals surface area contributed by atoms with Crippen molar-refractivity contribution in [2.24, 2.45) is 5.92 Å². The number of likely N-dealkylation sites (tertiary alicyclic amines) is 1. The van der Waals surface area contributed by atoms with E-state index in [0.29, 0.717) is 31.2 Å². The number of nitrogens with one attached hydrogen (secondary N) is 1. The molecule has 0 unspecified atom stereocenters. The van der Waals surface area contributed by atoms with Crippen molar-refractivity contribution in [2.45, 2.75) is 52.0 Å². The number of piperidine rings is 1. The number of hydrogen-bond acceptors (Lipinski definition) is 4. The van der Waals surface area contributed by atoms with Gasteiger partial charge in [-0.25, -0.2) is 4.68 Å². The summed E-state index contributed by atoms with van der Waals surface area (Å²) in [6, 6.07) is 1.96. The zero-order chi connectivity index (χ0) is 20.0. The fourth-order valence-electron chi connectivity index (χ4n) is 3.22. The van der Waals surface area contributed by atoms with Crippen LogP contribution in [0.1, 0.15) is 52.0 Å². The molecule has 8 heteroatoms. The zero-order valence-corrected chi connectivity index (χ0v) is 16.8. The summed E-state index contributed by atoms with van der Waals surface area (Å²) < 4.78 is 1.86. The van der Waals surface area contributed by atoms with Crippen LogP contribution < -0.4 is 5.32 Å². The minimum Gasteiger partial charge on any atom is -0.349 e. The van der Waals surface area contributed by atoms with Crippen molar-refractivity contribution < 1.29 is 14.4 Å². The second kappa shape index (κ2) is 9.53. The zero-order valence-electron chi connectivity index (χ0n) is 16.8. The third-order valence-corrected chi connectivity index (χ3v) is 4.75. The van der Waals surface area contributed by atoms with E-state index in [2.05, 4.69) is 10.4 Å². The SMILES string of the molecule is CC(C)CC(=O)Nc1ccnn1C1CCN(C(=O)CCC(=O)N(C)C)CC1. The lowest BCUT2D eigenvalue weighted by molar-refractivity contribution is -0.136. The van der Waals surface area contributed by atoms with Crippen LogP contribution in [0.15, 0.2) is 12.3 Å². The van der Waals surface area contributed by atoms with E-state index in [0.717, 1.165) is 12.8 Å². The summed E-state index contributed by atoms with van der Waals surface area (Å²) in [5.74, 6) is 0.994. The topological polar surface area (TPSA) is 87.5 Å². The molecule has 1 aromatic heterocycles. The van der Waals surface area contributed by atoms with Gasteiger partial charge in [0.2, 0.25) is 17.7 Å². The van der Waals surface area contributed by atoms with Crippen molar-refractivity contribution in [1.29, 1.82) is 0 Å². The van der Waals surface area contributed by atoms with Crippen LogP contribution in [-0.4, -0.2) is 64.5 Å². The van der Waals surface area contributed by atoms with Gasteiger partial charge in [0.1, 0.15) is 5.82 Å². The first-order valence-corrected chi connectivity index (χ1v) is 9.59. The van der Waals surface area contributed by atoms with Gasteiger partial charge in [-0.1, -0.05) is 13.8 Å². The lowest BCUT2D eigenvalue weighted by atomic mass is 10.0. The third-order valence-electron chi connectivity index (χ3n) is 4.75. The standard InChI is InChI=1S/C19H31N5O3/c1-14(2)13-17(25)21-16-7-10-20-24(16)15-8-11-23(12-9-15)19(27)6-5-18(26)22(3)4/h7,10,14-15H,5-6,8-9,11-13H2,1-4H3,(H,21,25). The van der Waals surface area contributed by atoms with Gasteiger partial charge in [0.25, 0.3) is 0 Å². The molecule has 1 aliphatic rings. The Bertz CT molecular complexity index is 660. The molecule has 0 radical (unpaired) electrons. The third kappa shape index (κ3) is 6.08. The molecule has 1 saturated heterocycles. The van der Waals surface area contributed by atoms with E-state index in [1.54, 1.807) is 20.3 Å². The van der Waals surface area contributed by atoms with Crippen molar-refractivity contribution in [2.75, 3.05) is 32.5 Å². The number of carbonyl (C=O) groups excluding carboxylic acids is 3. The summed E-state index contributed by atoms with van der Waals surface area (Å²) in [6.45, 7) is 5.29. The van der Waals surface area contributed by atoms with Gasteiger partial charge in [-0.05, 0) is 18.8 Å². The molecule has 150 valence electrons. The molecule has 0 aliphatic carbocycles. The van der Waals surface area contributed by atoms with Gasteiger partial charge in [-0.3, -0.25) is 14.4 Å². The maximum atomic E-state index is 12.3. The van der Waals surface area contributed by atoms with Gasteiger partial charge in [-0.15, -0.1) is 0 Å². The first kappa shape index (κ1) is 20.9. The van der Waals surface area contributed by atoms with Gasteiger partial charge in [0, 0.05) is 52.5 Å². The van der Waals surface area contributed by atoms with Gasteiger partial charge in [0.15, 0.2) is 0 Å². The Morgan fingerprint density at radius 2 is 1.89 bits per heavy atom. The molecule has 27 heavy (non-hydrogen) atoms. The van der Waals surface area contributed by atoms with E-state index < -0.39 is 0 Å².